The van der Waals surface area contributed by atoms with Gasteiger partial charge in [-0.2, -0.15) is 0 Å². The Hall–Kier alpha value is -1.26. The number of halogens is 2. The lowest BCUT2D eigenvalue weighted by Gasteiger charge is -2.25. The Bertz CT molecular complexity index is 541. The van der Waals surface area contributed by atoms with E-state index < -0.39 is 11.7 Å². The Balaban J connectivity index is 2.37. The zero-order valence-electron chi connectivity index (χ0n) is 7.92. The molecule has 1 amide bonds. The molecule has 0 N–H and O–H groups in total. The van der Waals surface area contributed by atoms with Crippen molar-refractivity contribution in [2.24, 2.45) is 0 Å². The van der Waals surface area contributed by atoms with Crippen LogP contribution in [-0.2, 0) is 4.79 Å². The van der Waals surface area contributed by atoms with E-state index in [-0.39, 0.29) is 15.6 Å². The SMILES string of the molecule is O=C1C(=O)N2CCOc3c(Cl)c(Cl)cc1c32. The molecule has 1 aromatic carbocycles. The van der Waals surface area contributed by atoms with Gasteiger partial charge in [0.25, 0.3) is 11.7 Å². The number of carbonyl (C=O) groups is 2. The molecule has 1 aromatic rings. The Labute approximate surface area is 101 Å². The Morgan fingerprint density at radius 2 is 2.06 bits per heavy atom. The molecule has 2 aliphatic heterocycles. The van der Waals surface area contributed by atoms with E-state index in [2.05, 4.69) is 0 Å². The highest BCUT2D eigenvalue weighted by Crippen LogP contribution is 2.47. The van der Waals surface area contributed by atoms with Crippen LogP contribution in [0.3, 0.4) is 0 Å². The van der Waals surface area contributed by atoms with Gasteiger partial charge >= 0.3 is 0 Å². The minimum absolute atomic E-state index is 0.223. The molecular formula is C10H5Cl2NO3. The zero-order chi connectivity index (χ0) is 11.4. The summed E-state index contributed by atoms with van der Waals surface area (Å²) in [6, 6.07) is 1.41. The molecule has 2 aliphatic rings. The fraction of sp³-hybridized carbons (Fsp3) is 0.200. The van der Waals surface area contributed by atoms with Gasteiger partial charge in [0.15, 0.2) is 5.75 Å². The van der Waals surface area contributed by atoms with Crippen LogP contribution in [0.2, 0.25) is 10.0 Å². The maximum Gasteiger partial charge on any atom is 0.299 e. The Morgan fingerprint density at radius 3 is 2.81 bits per heavy atom. The smallest absolute Gasteiger partial charge is 0.299 e. The average Bonchev–Trinajstić information content (AvgIpc) is 2.53. The number of nitrogens with zero attached hydrogens (tertiary/aromatic N) is 1. The lowest BCUT2D eigenvalue weighted by atomic mass is 10.1. The predicted octanol–water partition coefficient (Wildman–Crippen LogP) is 1.92. The number of hydrogen-bond acceptors (Lipinski definition) is 3. The third-order valence-electron chi connectivity index (χ3n) is 2.67. The first-order valence-electron chi connectivity index (χ1n) is 4.62. The van der Waals surface area contributed by atoms with Crippen molar-refractivity contribution in [2.45, 2.75) is 0 Å². The number of hydrogen-bond donors (Lipinski definition) is 0. The Kier molecular flexibility index (Phi) is 1.94. The maximum absolute atomic E-state index is 11.7. The molecule has 0 saturated heterocycles. The molecule has 82 valence electrons. The van der Waals surface area contributed by atoms with Crippen molar-refractivity contribution >= 4 is 40.6 Å². The molecule has 0 aliphatic carbocycles. The van der Waals surface area contributed by atoms with Crippen molar-refractivity contribution in [3.05, 3.63) is 21.7 Å². The van der Waals surface area contributed by atoms with Gasteiger partial charge in [-0.15, -0.1) is 0 Å². The number of ketones is 1. The quantitative estimate of drug-likeness (QED) is 0.668. The highest BCUT2D eigenvalue weighted by molar-refractivity contribution is 6.54. The van der Waals surface area contributed by atoms with Gasteiger partial charge in [-0.3, -0.25) is 14.5 Å². The maximum atomic E-state index is 11.7. The summed E-state index contributed by atoms with van der Waals surface area (Å²) in [4.78, 5) is 24.7. The van der Waals surface area contributed by atoms with Gasteiger partial charge in [0.1, 0.15) is 11.6 Å². The number of ether oxygens (including phenoxy) is 1. The zero-order valence-corrected chi connectivity index (χ0v) is 9.43. The second kappa shape index (κ2) is 3.12. The highest BCUT2D eigenvalue weighted by atomic mass is 35.5. The largest absolute Gasteiger partial charge is 0.488 e. The summed E-state index contributed by atoms with van der Waals surface area (Å²) in [5, 5.41) is 0.466. The molecule has 16 heavy (non-hydrogen) atoms. The molecule has 0 radical (unpaired) electrons. The monoisotopic (exact) mass is 257 g/mol. The summed E-state index contributed by atoms with van der Waals surface area (Å²) in [5.41, 5.74) is 0.727. The summed E-state index contributed by atoms with van der Waals surface area (Å²) < 4.78 is 5.36. The normalized spacial score (nSPS) is 17.5. The van der Waals surface area contributed by atoms with Crippen LogP contribution in [0.1, 0.15) is 10.4 Å². The summed E-state index contributed by atoms with van der Waals surface area (Å²) in [6.07, 6.45) is 0. The van der Waals surface area contributed by atoms with Gasteiger partial charge in [0.2, 0.25) is 0 Å². The van der Waals surface area contributed by atoms with E-state index in [1.807, 2.05) is 0 Å². The van der Waals surface area contributed by atoms with E-state index in [1.165, 1.54) is 11.0 Å². The first-order valence-corrected chi connectivity index (χ1v) is 5.38. The van der Waals surface area contributed by atoms with Crippen molar-refractivity contribution < 1.29 is 14.3 Å². The van der Waals surface area contributed by atoms with Crippen LogP contribution in [-0.4, -0.2) is 24.8 Å². The van der Waals surface area contributed by atoms with Crippen LogP contribution in [0.4, 0.5) is 5.69 Å². The molecular weight excluding hydrogens is 253 g/mol. The molecule has 3 rings (SSSR count). The van der Waals surface area contributed by atoms with E-state index >= 15 is 0 Å². The third-order valence-corrected chi connectivity index (χ3v) is 3.44. The van der Waals surface area contributed by atoms with Gasteiger partial charge in [0, 0.05) is 0 Å². The first kappa shape index (κ1) is 9.93. The van der Waals surface area contributed by atoms with Gasteiger partial charge in [-0.05, 0) is 6.07 Å². The number of amides is 1. The molecule has 0 unspecified atom stereocenters. The van der Waals surface area contributed by atoms with Crippen LogP contribution >= 0.6 is 23.2 Å². The minimum Gasteiger partial charge on any atom is -0.488 e. The molecule has 4 nitrogen and oxygen atoms in total. The first-order chi connectivity index (χ1) is 7.61. The Morgan fingerprint density at radius 1 is 1.31 bits per heavy atom. The number of benzene rings is 1. The molecule has 6 heteroatoms. The van der Waals surface area contributed by atoms with Crippen LogP contribution in [0.5, 0.6) is 5.75 Å². The molecule has 0 saturated carbocycles. The van der Waals surface area contributed by atoms with Crippen LogP contribution in [0.15, 0.2) is 6.07 Å². The van der Waals surface area contributed by atoms with Gasteiger partial charge in [0.05, 0.1) is 22.8 Å². The molecule has 0 spiro atoms. The van der Waals surface area contributed by atoms with Crippen LogP contribution in [0.25, 0.3) is 0 Å². The van der Waals surface area contributed by atoms with Crippen molar-refractivity contribution in [3.63, 3.8) is 0 Å². The molecule has 0 bridgehead atoms. The predicted molar refractivity (Wildman–Crippen MR) is 58.6 cm³/mol. The molecule has 0 fully saturated rings. The van der Waals surface area contributed by atoms with Crippen molar-refractivity contribution in [1.82, 2.24) is 0 Å². The second-order valence-corrected chi connectivity index (χ2v) is 4.32. The van der Waals surface area contributed by atoms with Crippen molar-refractivity contribution in [2.75, 3.05) is 18.1 Å². The van der Waals surface area contributed by atoms with Gasteiger partial charge < -0.3 is 4.74 Å². The number of Topliss-reactive ketones (excluding diaryl/α,β-unsaturated/α-hetero) is 1. The van der Waals surface area contributed by atoms with E-state index in [4.69, 9.17) is 27.9 Å². The number of carbonyl (C=O) groups excluding carboxylic acids is 2. The van der Waals surface area contributed by atoms with Gasteiger partial charge in [-0.1, -0.05) is 23.2 Å². The fourth-order valence-electron chi connectivity index (χ4n) is 1.96. The second-order valence-electron chi connectivity index (χ2n) is 3.53. The summed E-state index contributed by atoms with van der Waals surface area (Å²) in [6.45, 7) is 0.675. The van der Waals surface area contributed by atoms with E-state index in [1.54, 1.807) is 0 Å². The molecule has 0 atom stereocenters. The lowest BCUT2D eigenvalue weighted by molar-refractivity contribution is -0.114. The van der Waals surface area contributed by atoms with E-state index in [0.717, 1.165) is 0 Å². The van der Waals surface area contributed by atoms with Crippen molar-refractivity contribution in [1.29, 1.82) is 0 Å². The number of anilines is 1. The average molecular weight is 258 g/mol. The molecule has 2 heterocycles. The summed E-state index contributed by atoms with van der Waals surface area (Å²) >= 11 is 11.8. The van der Waals surface area contributed by atoms with E-state index in [0.29, 0.717) is 24.6 Å². The van der Waals surface area contributed by atoms with Gasteiger partial charge in [-0.25, -0.2) is 0 Å². The topological polar surface area (TPSA) is 46.6 Å². The van der Waals surface area contributed by atoms with Crippen molar-refractivity contribution in [3.8, 4) is 5.75 Å². The standard InChI is InChI=1S/C10H5Cl2NO3/c11-5-3-4-7-9(6(5)12)16-2-1-13(7)10(15)8(4)14/h3H,1-2H2. The third kappa shape index (κ3) is 1.06. The minimum atomic E-state index is -0.555. The fourth-order valence-corrected chi connectivity index (χ4v) is 2.35. The number of rotatable bonds is 0. The summed E-state index contributed by atoms with van der Waals surface area (Å²) in [7, 11) is 0. The van der Waals surface area contributed by atoms with E-state index in [9.17, 15) is 9.59 Å². The lowest BCUT2D eigenvalue weighted by Crippen LogP contribution is -2.36. The van der Waals surface area contributed by atoms with Crippen LogP contribution in [0, 0.1) is 0 Å². The summed E-state index contributed by atoms with van der Waals surface area (Å²) in [5.74, 6) is -0.771. The molecule has 0 aromatic heterocycles. The highest BCUT2D eigenvalue weighted by Gasteiger charge is 2.41. The van der Waals surface area contributed by atoms with Crippen LogP contribution < -0.4 is 9.64 Å².